The average Bonchev–Trinajstić information content (AvgIpc) is 2.96. The number of fused-ring (bicyclic) bond motifs is 2. The van der Waals surface area contributed by atoms with Crippen LogP contribution < -0.4 is 0 Å². The molecule has 2 fully saturated rings. The third kappa shape index (κ3) is 1.48. The van der Waals surface area contributed by atoms with E-state index in [1.165, 1.54) is 25.7 Å². The molecule has 1 aromatic rings. The summed E-state index contributed by atoms with van der Waals surface area (Å²) >= 11 is 6.27. The van der Waals surface area contributed by atoms with Crippen LogP contribution in [0.25, 0.3) is 0 Å². The standard InChI is InChI=1S/C12H18ClN3/c1-16-11(14-8-15-16)6-12(7-13)5-9-2-3-10(12)4-9/h8-10H,2-7H2,1H3. The number of aryl methyl sites for hydroxylation is 1. The van der Waals surface area contributed by atoms with Gasteiger partial charge in [0.05, 0.1) is 0 Å². The summed E-state index contributed by atoms with van der Waals surface area (Å²) in [5, 5.41) is 4.15. The van der Waals surface area contributed by atoms with Crippen LogP contribution in [-0.4, -0.2) is 20.6 Å². The average molecular weight is 240 g/mol. The van der Waals surface area contributed by atoms with Gasteiger partial charge in [-0.1, -0.05) is 6.42 Å². The van der Waals surface area contributed by atoms with Crippen molar-refractivity contribution in [1.82, 2.24) is 14.8 Å². The van der Waals surface area contributed by atoms with E-state index in [1.807, 2.05) is 11.7 Å². The van der Waals surface area contributed by atoms with Crippen LogP contribution in [0.4, 0.5) is 0 Å². The zero-order valence-electron chi connectivity index (χ0n) is 9.69. The third-order valence-electron chi connectivity index (χ3n) is 4.68. The molecule has 3 unspecified atom stereocenters. The van der Waals surface area contributed by atoms with E-state index in [-0.39, 0.29) is 0 Å². The lowest BCUT2D eigenvalue weighted by Crippen LogP contribution is -2.33. The minimum atomic E-state index is 0.311. The molecule has 1 aromatic heterocycles. The summed E-state index contributed by atoms with van der Waals surface area (Å²) in [4.78, 5) is 4.35. The Hall–Kier alpha value is -0.570. The Kier molecular flexibility index (Phi) is 2.46. The largest absolute Gasteiger partial charge is 0.253 e. The fourth-order valence-corrected chi connectivity index (χ4v) is 4.20. The second-order valence-corrected chi connectivity index (χ2v) is 5.82. The van der Waals surface area contributed by atoms with Gasteiger partial charge in [-0.25, -0.2) is 4.98 Å². The first kappa shape index (κ1) is 10.6. The summed E-state index contributed by atoms with van der Waals surface area (Å²) in [5.41, 5.74) is 0.311. The SMILES string of the molecule is Cn1ncnc1CC1(CCl)CC2CCC1C2. The summed E-state index contributed by atoms with van der Waals surface area (Å²) in [6.07, 6.45) is 8.13. The zero-order chi connectivity index (χ0) is 11.2. The first-order valence-corrected chi connectivity index (χ1v) is 6.66. The van der Waals surface area contributed by atoms with Gasteiger partial charge in [-0.2, -0.15) is 5.10 Å². The van der Waals surface area contributed by atoms with Gasteiger partial charge < -0.3 is 0 Å². The molecule has 3 rings (SSSR count). The van der Waals surface area contributed by atoms with Gasteiger partial charge in [-0.3, -0.25) is 4.68 Å². The molecule has 4 heteroatoms. The summed E-state index contributed by atoms with van der Waals surface area (Å²) < 4.78 is 1.89. The summed E-state index contributed by atoms with van der Waals surface area (Å²) in [6.45, 7) is 0. The topological polar surface area (TPSA) is 30.7 Å². The number of rotatable bonds is 3. The highest BCUT2D eigenvalue weighted by atomic mass is 35.5. The predicted molar refractivity (Wildman–Crippen MR) is 63.3 cm³/mol. The number of aromatic nitrogens is 3. The van der Waals surface area contributed by atoms with Gasteiger partial charge in [0.1, 0.15) is 12.2 Å². The highest BCUT2D eigenvalue weighted by molar-refractivity contribution is 6.18. The Morgan fingerprint density at radius 2 is 2.44 bits per heavy atom. The van der Waals surface area contributed by atoms with Crippen molar-refractivity contribution in [1.29, 1.82) is 0 Å². The number of hydrogen-bond acceptors (Lipinski definition) is 2. The molecule has 0 aromatic carbocycles. The number of alkyl halides is 1. The van der Waals surface area contributed by atoms with E-state index in [9.17, 15) is 0 Å². The molecule has 0 saturated heterocycles. The normalized spacial score (nSPS) is 37.1. The monoisotopic (exact) mass is 239 g/mol. The van der Waals surface area contributed by atoms with E-state index < -0.39 is 0 Å². The molecule has 16 heavy (non-hydrogen) atoms. The van der Waals surface area contributed by atoms with Gasteiger partial charge >= 0.3 is 0 Å². The number of halogens is 1. The van der Waals surface area contributed by atoms with Crippen molar-refractivity contribution < 1.29 is 0 Å². The number of nitrogens with zero attached hydrogens (tertiary/aromatic N) is 3. The maximum Gasteiger partial charge on any atom is 0.138 e. The van der Waals surface area contributed by atoms with Crippen LogP contribution in [0.5, 0.6) is 0 Å². The van der Waals surface area contributed by atoms with E-state index in [2.05, 4.69) is 10.1 Å². The summed E-state index contributed by atoms with van der Waals surface area (Å²) in [6, 6.07) is 0. The van der Waals surface area contributed by atoms with E-state index >= 15 is 0 Å². The molecule has 3 atom stereocenters. The molecule has 0 spiro atoms. The minimum Gasteiger partial charge on any atom is -0.253 e. The van der Waals surface area contributed by atoms with Crippen LogP contribution in [0.2, 0.25) is 0 Å². The van der Waals surface area contributed by atoms with E-state index in [0.717, 1.165) is 30.0 Å². The third-order valence-corrected chi connectivity index (χ3v) is 5.22. The Bertz CT molecular complexity index is 389. The molecule has 0 N–H and O–H groups in total. The van der Waals surface area contributed by atoms with Crippen LogP contribution in [0.3, 0.4) is 0 Å². The van der Waals surface area contributed by atoms with Gasteiger partial charge in [0.2, 0.25) is 0 Å². The van der Waals surface area contributed by atoms with Gasteiger partial charge in [-0.05, 0) is 36.5 Å². The lowest BCUT2D eigenvalue weighted by Gasteiger charge is -2.35. The maximum atomic E-state index is 6.27. The second-order valence-electron chi connectivity index (χ2n) is 5.55. The molecular formula is C12H18ClN3. The first-order valence-electron chi connectivity index (χ1n) is 6.12. The lowest BCUT2D eigenvalue weighted by molar-refractivity contribution is 0.187. The number of hydrogen-bond donors (Lipinski definition) is 0. The maximum absolute atomic E-state index is 6.27. The van der Waals surface area contributed by atoms with Crippen molar-refractivity contribution in [3.8, 4) is 0 Å². The van der Waals surface area contributed by atoms with E-state index in [1.54, 1.807) is 6.33 Å². The van der Waals surface area contributed by atoms with Gasteiger partial charge in [0.15, 0.2) is 0 Å². The summed E-state index contributed by atoms with van der Waals surface area (Å²) in [5.74, 6) is 3.62. The quantitative estimate of drug-likeness (QED) is 0.759. The fourth-order valence-electron chi connectivity index (χ4n) is 3.78. The van der Waals surface area contributed by atoms with E-state index in [0.29, 0.717) is 5.41 Å². The van der Waals surface area contributed by atoms with E-state index in [4.69, 9.17) is 11.6 Å². The molecule has 2 aliphatic rings. The van der Waals surface area contributed by atoms with Gasteiger partial charge in [0.25, 0.3) is 0 Å². The highest BCUT2D eigenvalue weighted by Crippen LogP contribution is 2.57. The molecule has 0 amide bonds. The van der Waals surface area contributed by atoms with Crippen LogP contribution >= 0.6 is 11.6 Å². The van der Waals surface area contributed by atoms with Crippen LogP contribution in [0.15, 0.2) is 6.33 Å². The zero-order valence-corrected chi connectivity index (χ0v) is 10.5. The van der Waals surface area contributed by atoms with Gasteiger partial charge in [-0.15, -0.1) is 11.6 Å². The molecule has 2 aliphatic carbocycles. The Labute approximate surface area is 101 Å². The Morgan fingerprint density at radius 1 is 1.56 bits per heavy atom. The Morgan fingerprint density at radius 3 is 2.94 bits per heavy atom. The van der Waals surface area contributed by atoms with Crippen LogP contribution in [0, 0.1) is 17.3 Å². The van der Waals surface area contributed by atoms with Crippen molar-refractivity contribution >= 4 is 11.6 Å². The van der Waals surface area contributed by atoms with Crippen molar-refractivity contribution in [2.24, 2.45) is 24.3 Å². The summed E-state index contributed by atoms with van der Waals surface area (Å²) in [7, 11) is 1.97. The fraction of sp³-hybridized carbons (Fsp3) is 0.833. The molecule has 3 nitrogen and oxygen atoms in total. The van der Waals surface area contributed by atoms with Crippen molar-refractivity contribution in [3.05, 3.63) is 12.2 Å². The second kappa shape index (κ2) is 3.73. The van der Waals surface area contributed by atoms with Crippen molar-refractivity contribution in [3.63, 3.8) is 0 Å². The van der Waals surface area contributed by atoms with Crippen molar-refractivity contribution in [2.45, 2.75) is 32.1 Å². The smallest absolute Gasteiger partial charge is 0.138 e. The molecule has 0 aliphatic heterocycles. The molecule has 0 radical (unpaired) electrons. The molecule has 88 valence electrons. The van der Waals surface area contributed by atoms with Crippen LogP contribution in [-0.2, 0) is 13.5 Å². The molecule has 2 bridgehead atoms. The Balaban J connectivity index is 1.84. The minimum absolute atomic E-state index is 0.311. The first-order chi connectivity index (χ1) is 7.73. The highest BCUT2D eigenvalue weighted by Gasteiger charge is 2.50. The lowest BCUT2D eigenvalue weighted by atomic mass is 9.72. The van der Waals surface area contributed by atoms with Crippen molar-refractivity contribution in [2.75, 3.05) is 5.88 Å². The van der Waals surface area contributed by atoms with Gasteiger partial charge in [0, 0.05) is 19.3 Å². The molecule has 2 saturated carbocycles. The molecular weight excluding hydrogens is 222 g/mol. The molecule has 1 heterocycles. The van der Waals surface area contributed by atoms with Crippen LogP contribution in [0.1, 0.15) is 31.5 Å². The predicted octanol–water partition coefficient (Wildman–Crippen LogP) is 2.40.